The topological polar surface area (TPSA) is 80.9 Å². The first-order chi connectivity index (χ1) is 8.58. The van der Waals surface area contributed by atoms with Crippen LogP contribution in [0.4, 0.5) is 5.13 Å². The molecule has 5 nitrogen and oxygen atoms in total. The first-order valence-electron chi connectivity index (χ1n) is 5.50. The minimum atomic E-state index is -0.266. The van der Waals surface area contributed by atoms with Crippen LogP contribution >= 0.6 is 11.3 Å². The number of amides is 1. The third-order valence-electron chi connectivity index (χ3n) is 2.33. The Balaban J connectivity index is 2.26. The highest BCUT2D eigenvalue weighted by molar-refractivity contribution is 7.18. The van der Waals surface area contributed by atoms with E-state index in [9.17, 15) is 4.79 Å². The molecular formula is C12H14N4OS. The molecule has 2 rings (SSSR count). The maximum absolute atomic E-state index is 11.1. The smallest absolute Gasteiger partial charge is 0.239 e. The fourth-order valence-corrected chi connectivity index (χ4v) is 2.41. The van der Waals surface area contributed by atoms with E-state index >= 15 is 0 Å². The summed E-state index contributed by atoms with van der Waals surface area (Å²) in [6.45, 7) is 4.02. The Hall–Kier alpha value is -1.79. The van der Waals surface area contributed by atoms with Crippen molar-refractivity contribution in [3.8, 4) is 10.6 Å². The Labute approximate surface area is 109 Å². The van der Waals surface area contributed by atoms with Crippen molar-refractivity contribution in [1.82, 2.24) is 10.2 Å². The van der Waals surface area contributed by atoms with Gasteiger partial charge in [-0.25, -0.2) is 0 Å². The van der Waals surface area contributed by atoms with Crippen LogP contribution in [0.3, 0.4) is 0 Å². The molecule has 0 aliphatic heterocycles. The number of benzene rings is 1. The average Bonchev–Trinajstić information content (AvgIpc) is 2.76. The number of nitrogens with one attached hydrogen (secondary N) is 1. The van der Waals surface area contributed by atoms with Gasteiger partial charge in [0, 0.05) is 5.56 Å². The molecule has 0 aliphatic carbocycles. The second-order valence-corrected chi connectivity index (χ2v) is 5.02. The quantitative estimate of drug-likeness (QED) is 0.882. The van der Waals surface area contributed by atoms with Crippen molar-refractivity contribution < 1.29 is 4.79 Å². The molecule has 1 heterocycles. The molecule has 0 fully saturated rings. The zero-order valence-electron chi connectivity index (χ0n) is 10.2. The molecule has 0 atom stereocenters. The predicted molar refractivity (Wildman–Crippen MR) is 72.5 cm³/mol. The Morgan fingerprint density at radius 1 is 1.28 bits per heavy atom. The number of nitrogens with zero attached hydrogens (tertiary/aromatic N) is 2. The lowest BCUT2D eigenvalue weighted by molar-refractivity contribution is -0.114. The highest BCUT2D eigenvalue weighted by Gasteiger charge is 2.09. The van der Waals surface area contributed by atoms with Crippen LogP contribution in [-0.2, 0) is 4.79 Å². The number of carbonyl (C=O) groups is 1. The first-order valence-corrected chi connectivity index (χ1v) is 6.32. The summed E-state index contributed by atoms with van der Waals surface area (Å²) in [5, 5.41) is 11.8. The van der Waals surface area contributed by atoms with Crippen molar-refractivity contribution >= 4 is 22.4 Å². The Morgan fingerprint density at radius 2 is 1.94 bits per heavy atom. The van der Waals surface area contributed by atoms with Crippen molar-refractivity contribution in [2.24, 2.45) is 5.73 Å². The molecule has 2 aromatic rings. The van der Waals surface area contributed by atoms with E-state index in [0.717, 1.165) is 10.6 Å². The minimum absolute atomic E-state index is 0.0571. The first kappa shape index (κ1) is 12.7. The van der Waals surface area contributed by atoms with Crippen molar-refractivity contribution in [1.29, 1.82) is 0 Å². The number of aryl methyl sites for hydroxylation is 2. The van der Waals surface area contributed by atoms with Crippen LogP contribution in [0.5, 0.6) is 0 Å². The van der Waals surface area contributed by atoms with Crippen molar-refractivity contribution in [2.75, 3.05) is 11.9 Å². The largest absolute Gasteiger partial charge is 0.322 e. The molecule has 94 valence electrons. The van der Waals surface area contributed by atoms with Gasteiger partial charge in [0.25, 0.3) is 0 Å². The normalized spacial score (nSPS) is 10.4. The standard InChI is InChI=1S/C12H14N4OS/c1-7-3-8(2)5-9(4-7)11-15-16-12(18-11)14-10(17)6-13/h3-5H,6,13H2,1-2H3,(H,14,16,17). The SMILES string of the molecule is Cc1cc(C)cc(-c2nnc(NC(=O)CN)s2)c1. The highest BCUT2D eigenvalue weighted by atomic mass is 32.1. The molecule has 1 amide bonds. The number of aromatic nitrogens is 2. The summed E-state index contributed by atoms with van der Waals surface area (Å²) in [6, 6.07) is 6.19. The molecule has 1 aromatic heterocycles. The molecule has 0 radical (unpaired) electrons. The van der Waals surface area contributed by atoms with Gasteiger partial charge < -0.3 is 5.73 Å². The summed E-state index contributed by atoms with van der Waals surface area (Å²) < 4.78 is 0. The molecule has 0 saturated carbocycles. The van der Waals surface area contributed by atoms with Crippen LogP contribution < -0.4 is 11.1 Å². The third-order valence-corrected chi connectivity index (χ3v) is 3.21. The van der Waals surface area contributed by atoms with Crippen LogP contribution in [0.15, 0.2) is 18.2 Å². The van der Waals surface area contributed by atoms with E-state index in [1.807, 2.05) is 26.0 Å². The average molecular weight is 262 g/mol. The van der Waals surface area contributed by atoms with Gasteiger partial charge >= 0.3 is 0 Å². The van der Waals surface area contributed by atoms with Crippen molar-refractivity contribution in [3.63, 3.8) is 0 Å². The van der Waals surface area contributed by atoms with Crippen LogP contribution in [-0.4, -0.2) is 22.6 Å². The Morgan fingerprint density at radius 3 is 2.56 bits per heavy atom. The maximum Gasteiger partial charge on any atom is 0.239 e. The predicted octanol–water partition coefficient (Wildman–Crippen LogP) is 1.72. The number of rotatable bonds is 3. The van der Waals surface area contributed by atoms with Gasteiger partial charge in [-0.3, -0.25) is 10.1 Å². The number of hydrogen-bond acceptors (Lipinski definition) is 5. The van der Waals surface area contributed by atoms with Gasteiger partial charge in [-0.15, -0.1) is 10.2 Å². The Kier molecular flexibility index (Phi) is 3.69. The number of hydrogen-bond donors (Lipinski definition) is 2. The van der Waals surface area contributed by atoms with E-state index in [-0.39, 0.29) is 12.5 Å². The van der Waals surface area contributed by atoms with Gasteiger partial charge in [0.15, 0.2) is 0 Å². The Bertz CT molecular complexity index is 559. The number of nitrogens with two attached hydrogens (primary N) is 1. The zero-order valence-corrected chi connectivity index (χ0v) is 11.0. The van der Waals surface area contributed by atoms with Crippen molar-refractivity contribution in [2.45, 2.75) is 13.8 Å². The lowest BCUT2D eigenvalue weighted by atomic mass is 10.1. The van der Waals surface area contributed by atoms with Gasteiger partial charge in [0.1, 0.15) is 5.01 Å². The van der Waals surface area contributed by atoms with E-state index in [0.29, 0.717) is 5.13 Å². The number of anilines is 1. The van der Waals surface area contributed by atoms with E-state index in [2.05, 4.69) is 21.6 Å². The molecular weight excluding hydrogens is 248 g/mol. The minimum Gasteiger partial charge on any atom is -0.322 e. The maximum atomic E-state index is 11.1. The zero-order chi connectivity index (χ0) is 13.1. The molecule has 1 aromatic carbocycles. The fourth-order valence-electron chi connectivity index (χ4n) is 1.66. The van der Waals surface area contributed by atoms with Crippen molar-refractivity contribution in [3.05, 3.63) is 29.3 Å². The summed E-state index contributed by atoms with van der Waals surface area (Å²) in [7, 11) is 0. The van der Waals surface area contributed by atoms with Crippen LogP contribution in [0.2, 0.25) is 0 Å². The third kappa shape index (κ3) is 2.91. The van der Waals surface area contributed by atoms with Gasteiger partial charge in [-0.05, 0) is 26.0 Å². The van der Waals surface area contributed by atoms with E-state index in [1.54, 1.807) is 0 Å². The summed E-state index contributed by atoms with van der Waals surface area (Å²) in [4.78, 5) is 11.1. The monoisotopic (exact) mass is 262 g/mol. The lowest BCUT2D eigenvalue weighted by Gasteiger charge is -2.00. The fraction of sp³-hybridized carbons (Fsp3) is 0.250. The van der Waals surface area contributed by atoms with Crippen LogP contribution in [0.25, 0.3) is 10.6 Å². The van der Waals surface area contributed by atoms with E-state index in [1.165, 1.54) is 22.5 Å². The van der Waals surface area contributed by atoms with Crippen LogP contribution in [0.1, 0.15) is 11.1 Å². The molecule has 18 heavy (non-hydrogen) atoms. The number of carbonyl (C=O) groups excluding carboxylic acids is 1. The van der Waals surface area contributed by atoms with E-state index < -0.39 is 0 Å². The summed E-state index contributed by atoms with van der Waals surface area (Å²) in [5.74, 6) is -0.266. The molecule has 6 heteroatoms. The second-order valence-electron chi connectivity index (χ2n) is 4.04. The second kappa shape index (κ2) is 5.24. The summed E-state index contributed by atoms with van der Waals surface area (Å²) >= 11 is 1.34. The van der Waals surface area contributed by atoms with Crippen LogP contribution in [0, 0.1) is 13.8 Å². The van der Waals surface area contributed by atoms with Gasteiger partial charge in [-0.1, -0.05) is 28.5 Å². The lowest BCUT2D eigenvalue weighted by Crippen LogP contribution is -2.21. The van der Waals surface area contributed by atoms with Gasteiger partial charge in [-0.2, -0.15) is 0 Å². The molecule has 0 bridgehead atoms. The molecule has 0 spiro atoms. The van der Waals surface area contributed by atoms with Gasteiger partial charge in [0.05, 0.1) is 6.54 Å². The highest BCUT2D eigenvalue weighted by Crippen LogP contribution is 2.27. The molecule has 3 N–H and O–H groups in total. The molecule has 0 aliphatic rings. The molecule has 0 unspecified atom stereocenters. The summed E-state index contributed by atoms with van der Waals surface area (Å²) in [5.41, 5.74) is 8.58. The van der Waals surface area contributed by atoms with E-state index in [4.69, 9.17) is 5.73 Å². The molecule has 0 saturated heterocycles. The summed E-state index contributed by atoms with van der Waals surface area (Å²) in [6.07, 6.45) is 0. The van der Waals surface area contributed by atoms with Gasteiger partial charge in [0.2, 0.25) is 11.0 Å².